The fourth-order valence-corrected chi connectivity index (χ4v) is 1.88. The summed E-state index contributed by atoms with van der Waals surface area (Å²) < 4.78 is 4.51. The molecule has 6 heteroatoms. The van der Waals surface area contributed by atoms with Crippen molar-refractivity contribution in [3.05, 3.63) is 0 Å². The predicted molar refractivity (Wildman–Crippen MR) is 61.5 cm³/mol. The molecule has 1 saturated heterocycles. The van der Waals surface area contributed by atoms with E-state index in [0.717, 1.165) is 6.42 Å². The summed E-state index contributed by atoms with van der Waals surface area (Å²) in [5.74, 6) is 0.0904. The number of ether oxygens (including phenoxy) is 1. The zero-order valence-electron chi connectivity index (χ0n) is 10.1. The van der Waals surface area contributed by atoms with Crippen LogP contribution in [0, 0.1) is 0 Å². The Morgan fingerprint density at radius 3 is 2.88 bits per heavy atom. The van der Waals surface area contributed by atoms with E-state index in [4.69, 9.17) is 5.11 Å². The number of nitrogens with zero attached hydrogens (tertiary/aromatic N) is 1. The lowest BCUT2D eigenvalue weighted by Gasteiger charge is -2.16. The van der Waals surface area contributed by atoms with Gasteiger partial charge in [0, 0.05) is 26.1 Å². The number of nitrogens with one attached hydrogen (secondary N) is 1. The normalized spacial score (nSPS) is 19.2. The van der Waals surface area contributed by atoms with Gasteiger partial charge in [0.25, 0.3) is 0 Å². The predicted octanol–water partition coefficient (Wildman–Crippen LogP) is 0.106. The van der Waals surface area contributed by atoms with E-state index in [-0.39, 0.29) is 18.6 Å². The molecule has 0 aromatic rings. The van der Waals surface area contributed by atoms with E-state index in [9.17, 15) is 9.59 Å². The van der Waals surface area contributed by atoms with Crippen LogP contribution in [0.5, 0.6) is 0 Å². The molecule has 0 aromatic carbocycles. The summed E-state index contributed by atoms with van der Waals surface area (Å²) in [7, 11) is 1.32. The minimum atomic E-state index is -0.454. The van der Waals surface area contributed by atoms with Gasteiger partial charge in [-0.25, -0.2) is 4.79 Å². The van der Waals surface area contributed by atoms with Gasteiger partial charge in [-0.1, -0.05) is 0 Å². The van der Waals surface area contributed by atoms with Crippen molar-refractivity contribution in [3.63, 3.8) is 0 Å². The van der Waals surface area contributed by atoms with Crippen LogP contribution in [0.2, 0.25) is 0 Å². The average Bonchev–Trinajstić information content (AvgIpc) is 2.77. The van der Waals surface area contributed by atoms with Crippen molar-refractivity contribution in [2.75, 3.05) is 26.8 Å². The molecule has 2 amide bonds. The van der Waals surface area contributed by atoms with Crippen molar-refractivity contribution in [2.24, 2.45) is 0 Å². The van der Waals surface area contributed by atoms with Crippen molar-refractivity contribution in [1.82, 2.24) is 10.2 Å². The average molecular weight is 244 g/mol. The van der Waals surface area contributed by atoms with Crippen LogP contribution in [0.15, 0.2) is 0 Å². The molecule has 0 bridgehead atoms. The molecular weight excluding hydrogens is 224 g/mol. The van der Waals surface area contributed by atoms with Crippen LogP contribution < -0.4 is 5.32 Å². The Bertz CT molecular complexity index is 270. The number of alkyl carbamates (subject to hydrolysis) is 1. The van der Waals surface area contributed by atoms with Crippen LogP contribution in [0.1, 0.15) is 25.7 Å². The lowest BCUT2D eigenvalue weighted by Crippen LogP contribution is -2.38. The SMILES string of the molecule is COC(=O)NC1CCN(C(=O)CCCCO)C1. The topological polar surface area (TPSA) is 78.9 Å². The summed E-state index contributed by atoms with van der Waals surface area (Å²) in [4.78, 5) is 24.5. The number of rotatable bonds is 5. The largest absolute Gasteiger partial charge is 0.453 e. The van der Waals surface area contributed by atoms with Crippen LogP contribution in [0.25, 0.3) is 0 Å². The second-order valence-electron chi connectivity index (χ2n) is 4.14. The minimum Gasteiger partial charge on any atom is -0.453 e. The number of carbonyl (C=O) groups is 2. The Kier molecular flexibility index (Phi) is 5.76. The summed E-state index contributed by atoms with van der Waals surface area (Å²) in [6, 6.07) is -0.00996. The van der Waals surface area contributed by atoms with E-state index in [2.05, 4.69) is 10.1 Å². The molecule has 1 rings (SSSR count). The Morgan fingerprint density at radius 2 is 2.24 bits per heavy atom. The highest BCUT2D eigenvalue weighted by Crippen LogP contribution is 2.12. The lowest BCUT2D eigenvalue weighted by atomic mass is 10.2. The van der Waals surface area contributed by atoms with Gasteiger partial charge in [0.05, 0.1) is 13.2 Å². The van der Waals surface area contributed by atoms with Gasteiger partial charge in [-0.15, -0.1) is 0 Å². The Hall–Kier alpha value is -1.30. The molecule has 0 aromatic heterocycles. The van der Waals surface area contributed by atoms with Gasteiger partial charge >= 0.3 is 6.09 Å². The van der Waals surface area contributed by atoms with Crippen LogP contribution in [0.4, 0.5) is 4.79 Å². The molecule has 1 heterocycles. The second kappa shape index (κ2) is 7.11. The number of methoxy groups -OCH3 is 1. The fourth-order valence-electron chi connectivity index (χ4n) is 1.88. The number of hydrogen-bond donors (Lipinski definition) is 2. The van der Waals surface area contributed by atoms with Crippen molar-refractivity contribution in [1.29, 1.82) is 0 Å². The number of unbranched alkanes of at least 4 members (excludes halogenated alkanes) is 1. The maximum Gasteiger partial charge on any atom is 0.407 e. The van der Waals surface area contributed by atoms with Gasteiger partial charge in [0.2, 0.25) is 5.91 Å². The first-order valence-electron chi connectivity index (χ1n) is 5.90. The van der Waals surface area contributed by atoms with Crippen LogP contribution >= 0.6 is 0 Å². The number of aliphatic hydroxyl groups excluding tert-OH is 1. The zero-order valence-corrected chi connectivity index (χ0v) is 10.1. The maximum absolute atomic E-state index is 11.7. The Labute approximate surface area is 101 Å². The molecule has 98 valence electrons. The summed E-state index contributed by atoms with van der Waals surface area (Å²) in [5, 5.41) is 11.3. The van der Waals surface area contributed by atoms with Crippen LogP contribution in [0.3, 0.4) is 0 Å². The molecule has 6 nitrogen and oxygen atoms in total. The second-order valence-corrected chi connectivity index (χ2v) is 4.14. The van der Waals surface area contributed by atoms with Crippen molar-refractivity contribution >= 4 is 12.0 Å². The minimum absolute atomic E-state index is 0.00996. The number of carbonyl (C=O) groups excluding carboxylic acids is 2. The third-order valence-electron chi connectivity index (χ3n) is 2.85. The standard InChI is InChI=1S/C11H20N2O4/c1-17-11(16)12-9-5-6-13(8-9)10(15)4-2-3-7-14/h9,14H,2-8H2,1H3,(H,12,16). The highest BCUT2D eigenvalue weighted by molar-refractivity contribution is 5.76. The monoisotopic (exact) mass is 244 g/mol. The first kappa shape index (κ1) is 13.8. The molecule has 17 heavy (non-hydrogen) atoms. The van der Waals surface area contributed by atoms with Gasteiger partial charge in [-0.2, -0.15) is 0 Å². The molecule has 1 unspecified atom stereocenters. The molecule has 0 radical (unpaired) electrons. The first-order chi connectivity index (χ1) is 8.17. The van der Waals surface area contributed by atoms with Gasteiger partial charge in [-0.3, -0.25) is 4.79 Å². The lowest BCUT2D eigenvalue weighted by molar-refractivity contribution is -0.130. The molecule has 2 N–H and O–H groups in total. The van der Waals surface area contributed by atoms with Gasteiger partial charge in [0.15, 0.2) is 0 Å². The summed E-state index contributed by atoms with van der Waals surface area (Å²) in [6.45, 7) is 1.35. The Morgan fingerprint density at radius 1 is 1.47 bits per heavy atom. The number of amides is 2. The van der Waals surface area contributed by atoms with E-state index >= 15 is 0 Å². The van der Waals surface area contributed by atoms with E-state index in [1.54, 1.807) is 4.90 Å². The van der Waals surface area contributed by atoms with E-state index in [1.807, 2.05) is 0 Å². The van der Waals surface area contributed by atoms with Gasteiger partial charge in [-0.05, 0) is 19.3 Å². The molecule has 1 aliphatic heterocycles. The first-order valence-corrected chi connectivity index (χ1v) is 5.90. The fraction of sp³-hybridized carbons (Fsp3) is 0.818. The van der Waals surface area contributed by atoms with Gasteiger partial charge < -0.3 is 20.1 Å². The van der Waals surface area contributed by atoms with E-state index in [0.29, 0.717) is 32.4 Å². The Balaban J connectivity index is 2.24. The molecule has 1 fully saturated rings. The number of likely N-dealkylation sites (tertiary alicyclic amines) is 1. The molecule has 0 aliphatic carbocycles. The molecule has 0 spiro atoms. The van der Waals surface area contributed by atoms with Gasteiger partial charge in [0.1, 0.15) is 0 Å². The quantitative estimate of drug-likeness (QED) is 0.673. The summed E-state index contributed by atoms with van der Waals surface area (Å²) in [5.41, 5.74) is 0. The zero-order chi connectivity index (χ0) is 12.7. The maximum atomic E-state index is 11.7. The third-order valence-corrected chi connectivity index (χ3v) is 2.85. The summed E-state index contributed by atoms with van der Waals surface area (Å²) in [6.07, 6.45) is 2.14. The van der Waals surface area contributed by atoms with Crippen LogP contribution in [-0.2, 0) is 9.53 Å². The highest BCUT2D eigenvalue weighted by Gasteiger charge is 2.26. The van der Waals surface area contributed by atoms with Crippen LogP contribution in [-0.4, -0.2) is 54.9 Å². The van der Waals surface area contributed by atoms with E-state index in [1.165, 1.54) is 7.11 Å². The highest BCUT2D eigenvalue weighted by atomic mass is 16.5. The molecule has 1 aliphatic rings. The van der Waals surface area contributed by atoms with Crippen molar-refractivity contribution < 1.29 is 19.4 Å². The third kappa shape index (κ3) is 4.60. The summed E-state index contributed by atoms with van der Waals surface area (Å²) >= 11 is 0. The molecule has 1 atom stereocenters. The number of aliphatic hydroxyl groups is 1. The number of hydrogen-bond acceptors (Lipinski definition) is 4. The van der Waals surface area contributed by atoms with Crippen molar-refractivity contribution in [2.45, 2.75) is 31.7 Å². The molecular formula is C11H20N2O4. The smallest absolute Gasteiger partial charge is 0.407 e. The van der Waals surface area contributed by atoms with Crippen molar-refractivity contribution in [3.8, 4) is 0 Å². The van der Waals surface area contributed by atoms with E-state index < -0.39 is 6.09 Å². The molecule has 0 saturated carbocycles.